The van der Waals surface area contributed by atoms with Gasteiger partial charge in [0.25, 0.3) is 0 Å². The van der Waals surface area contributed by atoms with Crippen LogP contribution in [0.25, 0.3) is 0 Å². The zero-order chi connectivity index (χ0) is 10.6. The van der Waals surface area contributed by atoms with Gasteiger partial charge in [0.15, 0.2) is 0 Å². The molecule has 2 N–H and O–H groups in total. The van der Waals surface area contributed by atoms with Crippen LogP contribution in [0, 0.1) is 0 Å². The third-order valence-corrected chi connectivity index (χ3v) is 2.66. The zero-order valence-electron chi connectivity index (χ0n) is 8.86. The molecule has 0 spiro atoms. The van der Waals surface area contributed by atoms with E-state index in [1.54, 1.807) is 0 Å². The lowest BCUT2D eigenvalue weighted by Gasteiger charge is -2.37. The lowest BCUT2D eigenvalue weighted by molar-refractivity contribution is 0.0887. The summed E-state index contributed by atoms with van der Waals surface area (Å²) in [6.45, 7) is 5.90. The van der Waals surface area contributed by atoms with Crippen molar-refractivity contribution < 1.29 is 9.90 Å². The van der Waals surface area contributed by atoms with Crippen molar-refractivity contribution in [1.29, 1.82) is 0 Å². The molecule has 0 aromatic heterocycles. The molecule has 5 heteroatoms. The minimum Gasteiger partial charge on any atom is -0.465 e. The van der Waals surface area contributed by atoms with Gasteiger partial charge in [-0.15, -0.1) is 0 Å². The van der Waals surface area contributed by atoms with Crippen molar-refractivity contribution in [2.75, 3.05) is 33.2 Å². The first kappa shape index (κ1) is 11.3. The summed E-state index contributed by atoms with van der Waals surface area (Å²) in [5, 5.41) is 11.2. The Hall–Kier alpha value is -0.810. The molecule has 0 saturated carbocycles. The van der Waals surface area contributed by atoms with Gasteiger partial charge in [0.2, 0.25) is 0 Å². The fourth-order valence-corrected chi connectivity index (χ4v) is 1.73. The van der Waals surface area contributed by atoms with Crippen LogP contribution in [0.4, 0.5) is 4.79 Å². The number of amides is 1. The molecule has 1 fully saturated rings. The second kappa shape index (κ2) is 5.17. The maximum Gasteiger partial charge on any atom is 0.405 e. The normalized spacial score (nSPS) is 21.9. The second-order valence-corrected chi connectivity index (χ2v) is 3.71. The zero-order valence-corrected chi connectivity index (χ0v) is 8.86. The van der Waals surface area contributed by atoms with Gasteiger partial charge in [-0.1, -0.05) is 6.92 Å². The summed E-state index contributed by atoms with van der Waals surface area (Å²) in [4.78, 5) is 15.0. The van der Waals surface area contributed by atoms with Gasteiger partial charge in [0.1, 0.15) is 0 Å². The number of hydrogen-bond donors (Lipinski definition) is 2. The van der Waals surface area contributed by atoms with Crippen molar-refractivity contribution in [3.05, 3.63) is 0 Å². The van der Waals surface area contributed by atoms with Crippen molar-refractivity contribution >= 4 is 6.09 Å². The summed E-state index contributed by atoms with van der Waals surface area (Å²) in [5.41, 5.74) is 0. The molecule has 82 valence electrons. The van der Waals surface area contributed by atoms with Gasteiger partial charge in [-0.05, 0) is 13.5 Å². The molecule has 0 aromatic rings. The Morgan fingerprint density at radius 2 is 2.00 bits per heavy atom. The standard InChI is InChI=1S/C9H19N3O2/c1-3-8(10-9(13)14)12-6-4-11(2)5-7-12/h8,10H,3-7H2,1-2H3,(H,13,14). The molecule has 0 bridgehead atoms. The summed E-state index contributed by atoms with van der Waals surface area (Å²) in [7, 11) is 2.09. The molecular weight excluding hydrogens is 182 g/mol. The molecule has 1 aliphatic heterocycles. The molecule has 1 atom stereocenters. The van der Waals surface area contributed by atoms with E-state index in [4.69, 9.17) is 5.11 Å². The van der Waals surface area contributed by atoms with Crippen molar-refractivity contribution in [1.82, 2.24) is 15.1 Å². The number of piperazine rings is 1. The quantitative estimate of drug-likeness (QED) is 0.686. The van der Waals surface area contributed by atoms with Crippen LogP contribution in [0.1, 0.15) is 13.3 Å². The molecule has 5 nitrogen and oxygen atoms in total. The van der Waals surface area contributed by atoms with Gasteiger partial charge >= 0.3 is 6.09 Å². The highest BCUT2D eigenvalue weighted by Gasteiger charge is 2.21. The molecule has 0 aliphatic carbocycles. The fourth-order valence-electron chi connectivity index (χ4n) is 1.73. The van der Waals surface area contributed by atoms with Crippen LogP contribution in [0.15, 0.2) is 0 Å². The molecule has 14 heavy (non-hydrogen) atoms. The molecule has 1 heterocycles. The Kier molecular flexibility index (Phi) is 4.16. The van der Waals surface area contributed by atoms with Crippen LogP contribution in [0.3, 0.4) is 0 Å². The Labute approximate surface area is 84.7 Å². The van der Waals surface area contributed by atoms with Crippen LogP contribution >= 0.6 is 0 Å². The van der Waals surface area contributed by atoms with Gasteiger partial charge < -0.3 is 15.3 Å². The molecule has 1 unspecified atom stereocenters. The highest BCUT2D eigenvalue weighted by atomic mass is 16.4. The molecule has 1 aliphatic rings. The van der Waals surface area contributed by atoms with E-state index in [9.17, 15) is 4.79 Å². The van der Waals surface area contributed by atoms with Crippen molar-refractivity contribution in [2.45, 2.75) is 19.5 Å². The SMILES string of the molecule is CCC(NC(=O)O)N1CCN(C)CC1. The second-order valence-electron chi connectivity index (χ2n) is 3.71. The number of hydrogen-bond acceptors (Lipinski definition) is 3. The molecule has 0 aromatic carbocycles. The van der Waals surface area contributed by atoms with E-state index in [0.29, 0.717) is 0 Å². The summed E-state index contributed by atoms with van der Waals surface area (Å²) >= 11 is 0. The maximum atomic E-state index is 10.5. The van der Waals surface area contributed by atoms with Gasteiger partial charge in [0, 0.05) is 26.2 Å². The van der Waals surface area contributed by atoms with Crippen LogP contribution < -0.4 is 5.32 Å². The van der Waals surface area contributed by atoms with E-state index in [1.807, 2.05) is 6.92 Å². The topological polar surface area (TPSA) is 55.8 Å². The molecular formula is C9H19N3O2. The van der Waals surface area contributed by atoms with Crippen molar-refractivity contribution in [3.63, 3.8) is 0 Å². The van der Waals surface area contributed by atoms with E-state index < -0.39 is 6.09 Å². The summed E-state index contributed by atoms with van der Waals surface area (Å²) < 4.78 is 0. The number of rotatable bonds is 3. The van der Waals surface area contributed by atoms with Gasteiger partial charge in [-0.2, -0.15) is 0 Å². The Morgan fingerprint density at radius 1 is 1.43 bits per heavy atom. The molecule has 0 radical (unpaired) electrons. The van der Waals surface area contributed by atoms with Crippen molar-refractivity contribution in [2.24, 2.45) is 0 Å². The number of nitrogens with one attached hydrogen (secondary N) is 1. The third kappa shape index (κ3) is 3.16. The van der Waals surface area contributed by atoms with Gasteiger partial charge in [-0.25, -0.2) is 4.79 Å². The van der Waals surface area contributed by atoms with Crippen LogP contribution in [-0.4, -0.2) is 60.4 Å². The smallest absolute Gasteiger partial charge is 0.405 e. The minimum absolute atomic E-state index is 0.0267. The lowest BCUT2D eigenvalue weighted by Crippen LogP contribution is -2.54. The summed E-state index contributed by atoms with van der Waals surface area (Å²) in [5.74, 6) is 0. The Balaban J connectivity index is 2.40. The fraction of sp³-hybridized carbons (Fsp3) is 0.889. The Bertz CT molecular complexity index is 190. The predicted molar refractivity (Wildman–Crippen MR) is 54.3 cm³/mol. The average Bonchev–Trinajstić information content (AvgIpc) is 2.15. The first-order chi connectivity index (χ1) is 6.63. The minimum atomic E-state index is -0.934. The van der Waals surface area contributed by atoms with Gasteiger partial charge in [0.05, 0.1) is 6.17 Å². The number of carbonyl (C=O) groups is 1. The third-order valence-electron chi connectivity index (χ3n) is 2.66. The van der Waals surface area contributed by atoms with E-state index in [-0.39, 0.29) is 6.17 Å². The van der Waals surface area contributed by atoms with E-state index in [0.717, 1.165) is 32.6 Å². The number of carboxylic acid groups (broad SMARTS) is 1. The van der Waals surface area contributed by atoms with E-state index in [2.05, 4.69) is 22.2 Å². The van der Waals surface area contributed by atoms with Crippen LogP contribution in [0.2, 0.25) is 0 Å². The highest BCUT2D eigenvalue weighted by Crippen LogP contribution is 2.05. The summed E-state index contributed by atoms with van der Waals surface area (Å²) in [6, 6.07) is 0. The first-order valence-electron chi connectivity index (χ1n) is 5.05. The largest absolute Gasteiger partial charge is 0.465 e. The monoisotopic (exact) mass is 201 g/mol. The maximum absolute atomic E-state index is 10.5. The number of likely N-dealkylation sites (N-methyl/N-ethyl adjacent to an activating group) is 1. The van der Waals surface area contributed by atoms with Gasteiger partial charge in [-0.3, -0.25) is 4.90 Å². The Morgan fingerprint density at radius 3 is 2.43 bits per heavy atom. The molecule has 1 amide bonds. The van der Waals surface area contributed by atoms with Crippen LogP contribution in [-0.2, 0) is 0 Å². The number of nitrogens with zero attached hydrogens (tertiary/aromatic N) is 2. The first-order valence-corrected chi connectivity index (χ1v) is 5.05. The summed E-state index contributed by atoms with van der Waals surface area (Å²) in [6.07, 6.45) is -0.146. The van der Waals surface area contributed by atoms with E-state index in [1.165, 1.54) is 0 Å². The predicted octanol–water partition coefficient (Wildman–Crippen LogP) is 0.238. The average molecular weight is 201 g/mol. The highest BCUT2D eigenvalue weighted by molar-refractivity contribution is 5.64. The van der Waals surface area contributed by atoms with Crippen LogP contribution in [0.5, 0.6) is 0 Å². The molecule has 1 rings (SSSR count). The molecule has 1 saturated heterocycles. The van der Waals surface area contributed by atoms with E-state index >= 15 is 0 Å². The van der Waals surface area contributed by atoms with Crippen molar-refractivity contribution in [3.8, 4) is 0 Å². The lowest BCUT2D eigenvalue weighted by atomic mass is 10.2.